The molecule has 0 bridgehead atoms. The summed E-state index contributed by atoms with van der Waals surface area (Å²) in [6.07, 6.45) is 2.16. The second kappa shape index (κ2) is 8.00. The Morgan fingerprint density at radius 2 is 1.97 bits per heavy atom. The van der Waals surface area contributed by atoms with Crippen LogP contribution in [-0.2, 0) is 16.1 Å². The van der Waals surface area contributed by atoms with Gasteiger partial charge in [-0.15, -0.1) is 11.3 Å². The van der Waals surface area contributed by atoms with Gasteiger partial charge in [-0.05, 0) is 36.6 Å². The van der Waals surface area contributed by atoms with Crippen molar-refractivity contribution in [3.63, 3.8) is 0 Å². The summed E-state index contributed by atoms with van der Waals surface area (Å²) < 4.78 is 1.15. The van der Waals surface area contributed by atoms with E-state index in [1.165, 1.54) is 0 Å². The zero-order chi connectivity index (χ0) is 20.7. The quantitative estimate of drug-likeness (QED) is 0.594. The number of halogens is 1. The largest absolute Gasteiger partial charge is 0.337 e. The number of benzene rings is 2. The predicted molar refractivity (Wildman–Crippen MR) is 118 cm³/mol. The maximum absolute atomic E-state index is 13.4. The Hall–Kier alpha value is -2.44. The van der Waals surface area contributed by atoms with E-state index in [0.29, 0.717) is 18.1 Å². The summed E-state index contributed by atoms with van der Waals surface area (Å²) in [4.78, 5) is 34.4. The van der Waals surface area contributed by atoms with Crippen molar-refractivity contribution in [1.82, 2.24) is 14.8 Å². The number of amides is 2. The van der Waals surface area contributed by atoms with Gasteiger partial charge in [-0.1, -0.05) is 41.9 Å². The Balaban J connectivity index is 1.31. The number of carbonyl (C=O) groups excluding carboxylic acids is 2. The van der Waals surface area contributed by atoms with Crippen molar-refractivity contribution in [2.45, 2.75) is 31.8 Å². The number of para-hydroxylation sites is 1. The summed E-state index contributed by atoms with van der Waals surface area (Å²) in [7, 11) is 0. The van der Waals surface area contributed by atoms with Crippen molar-refractivity contribution >= 4 is 45.0 Å². The third-order valence-corrected chi connectivity index (χ3v) is 7.52. The molecular weight excluding hydrogens is 418 g/mol. The Kier molecular flexibility index (Phi) is 5.21. The molecule has 1 aromatic heterocycles. The molecule has 5 rings (SSSR count). The molecule has 3 heterocycles. The third-order valence-electron chi connectivity index (χ3n) is 6.01. The number of carbonyl (C=O) groups is 2. The molecule has 0 saturated carbocycles. The van der Waals surface area contributed by atoms with Gasteiger partial charge in [0.1, 0.15) is 5.01 Å². The lowest BCUT2D eigenvalue weighted by Gasteiger charge is -2.26. The molecule has 7 heteroatoms. The number of likely N-dealkylation sites (tertiary alicyclic amines) is 2. The van der Waals surface area contributed by atoms with Crippen LogP contribution in [0.4, 0.5) is 0 Å². The van der Waals surface area contributed by atoms with Crippen LogP contribution in [0, 0.1) is 5.92 Å². The summed E-state index contributed by atoms with van der Waals surface area (Å²) >= 11 is 7.92. The van der Waals surface area contributed by atoms with E-state index >= 15 is 0 Å². The molecule has 2 fully saturated rings. The van der Waals surface area contributed by atoms with Crippen molar-refractivity contribution in [1.29, 1.82) is 0 Å². The lowest BCUT2D eigenvalue weighted by Crippen LogP contribution is -2.37. The van der Waals surface area contributed by atoms with E-state index in [0.717, 1.165) is 40.2 Å². The van der Waals surface area contributed by atoms with Crippen LogP contribution in [0.5, 0.6) is 0 Å². The SMILES string of the molecule is O=C1C[C@@H](C(=O)N2CCC[C@@H]2c2nc3ccccc3s2)CN1Cc1ccccc1Cl. The molecule has 2 amide bonds. The Bertz CT molecular complexity index is 1080. The van der Waals surface area contributed by atoms with E-state index in [1.54, 1.807) is 16.2 Å². The van der Waals surface area contributed by atoms with Crippen molar-refractivity contribution in [2.24, 2.45) is 5.92 Å². The first kappa shape index (κ1) is 19.5. The number of fused-ring (bicyclic) bond motifs is 1. The van der Waals surface area contributed by atoms with Gasteiger partial charge < -0.3 is 9.80 Å². The van der Waals surface area contributed by atoms with E-state index in [9.17, 15) is 9.59 Å². The highest BCUT2D eigenvalue weighted by atomic mass is 35.5. The number of hydrogen-bond acceptors (Lipinski definition) is 4. The minimum atomic E-state index is -0.296. The molecule has 3 aromatic rings. The van der Waals surface area contributed by atoms with E-state index in [1.807, 2.05) is 47.4 Å². The molecule has 154 valence electrons. The van der Waals surface area contributed by atoms with Crippen LogP contribution in [0.1, 0.15) is 35.9 Å². The van der Waals surface area contributed by atoms with Crippen LogP contribution < -0.4 is 0 Å². The van der Waals surface area contributed by atoms with Crippen LogP contribution in [0.15, 0.2) is 48.5 Å². The normalized spacial score (nSPS) is 21.7. The molecular formula is C23H22ClN3O2S. The van der Waals surface area contributed by atoms with E-state index in [4.69, 9.17) is 16.6 Å². The molecule has 0 unspecified atom stereocenters. The average Bonchev–Trinajstić information content (AvgIpc) is 3.47. The molecule has 0 spiro atoms. The van der Waals surface area contributed by atoms with Gasteiger partial charge in [-0.2, -0.15) is 0 Å². The molecule has 0 N–H and O–H groups in total. The maximum atomic E-state index is 13.4. The predicted octanol–water partition coefficient (Wildman–Crippen LogP) is 4.66. The first-order valence-electron chi connectivity index (χ1n) is 10.3. The number of thiazole rings is 1. The minimum Gasteiger partial charge on any atom is -0.337 e. The topological polar surface area (TPSA) is 53.5 Å². The molecule has 0 radical (unpaired) electrons. The van der Waals surface area contributed by atoms with Crippen LogP contribution in [-0.4, -0.2) is 39.7 Å². The number of rotatable bonds is 4. The van der Waals surface area contributed by atoms with Gasteiger partial charge in [0, 0.05) is 31.1 Å². The zero-order valence-corrected chi connectivity index (χ0v) is 18.0. The minimum absolute atomic E-state index is 0.0163. The molecule has 2 saturated heterocycles. The Morgan fingerprint density at radius 3 is 2.80 bits per heavy atom. The summed E-state index contributed by atoms with van der Waals surface area (Å²) in [5.41, 5.74) is 1.90. The highest BCUT2D eigenvalue weighted by Gasteiger charge is 2.41. The summed E-state index contributed by atoms with van der Waals surface area (Å²) in [6.45, 7) is 1.63. The van der Waals surface area contributed by atoms with E-state index in [2.05, 4.69) is 6.07 Å². The molecule has 2 atom stereocenters. The number of aromatic nitrogens is 1. The second-order valence-electron chi connectivity index (χ2n) is 7.98. The Morgan fingerprint density at radius 1 is 1.17 bits per heavy atom. The molecule has 2 aliphatic rings. The summed E-state index contributed by atoms with van der Waals surface area (Å²) in [5.74, 6) is -0.203. The standard InChI is InChI=1S/C23H22ClN3O2S/c24-17-7-2-1-6-15(17)13-26-14-16(12-21(26)28)23(29)27-11-5-9-19(27)22-25-18-8-3-4-10-20(18)30-22/h1-4,6-8,10,16,19H,5,9,11-14H2/t16-,19-/m1/s1. The molecule has 30 heavy (non-hydrogen) atoms. The van der Waals surface area contributed by atoms with Gasteiger partial charge in [0.2, 0.25) is 11.8 Å². The first-order valence-corrected chi connectivity index (χ1v) is 11.5. The number of nitrogens with zero attached hydrogens (tertiary/aromatic N) is 3. The van der Waals surface area contributed by atoms with Crippen LogP contribution in [0.2, 0.25) is 5.02 Å². The maximum Gasteiger partial charge on any atom is 0.228 e. The molecule has 0 aliphatic carbocycles. The van der Waals surface area contributed by atoms with Crippen molar-refractivity contribution < 1.29 is 9.59 Å². The monoisotopic (exact) mass is 439 g/mol. The fourth-order valence-electron chi connectivity index (χ4n) is 4.48. The summed E-state index contributed by atoms with van der Waals surface area (Å²) in [5, 5.41) is 1.65. The van der Waals surface area contributed by atoms with Gasteiger partial charge in [0.25, 0.3) is 0 Å². The molecule has 5 nitrogen and oxygen atoms in total. The van der Waals surface area contributed by atoms with Crippen molar-refractivity contribution in [2.75, 3.05) is 13.1 Å². The van der Waals surface area contributed by atoms with Gasteiger partial charge in [0.15, 0.2) is 0 Å². The zero-order valence-electron chi connectivity index (χ0n) is 16.5. The van der Waals surface area contributed by atoms with Crippen molar-refractivity contribution in [3.8, 4) is 0 Å². The van der Waals surface area contributed by atoms with Gasteiger partial charge in [-0.3, -0.25) is 9.59 Å². The van der Waals surface area contributed by atoms with Crippen molar-refractivity contribution in [3.05, 3.63) is 64.1 Å². The highest BCUT2D eigenvalue weighted by Crippen LogP contribution is 2.38. The fraction of sp³-hybridized carbons (Fsp3) is 0.348. The van der Waals surface area contributed by atoms with E-state index in [-0.39, 0.29) is 30.2 Å². The molecule has 2 aromatic carbocycles. The fourth-order valence-corrected chi connectivity index (χ4v) is 5.79. The molecule has 2 aliphatic heterocycles. The lowest BCUT2D eigenvalue weighted by atomic mass is 10.1. The van der Waals surface area contributed by atoms with Crippen LogP contribution in [0.25, 0.3) is 10.2 Å². The lowest BCUT2D eigenvalue weighted by molar-refractivity contribution is -0.136. The first-order chi connectivity index (χ1) is 14.6. The van der Waals surface area contributed by atoms with Gasteiger partial charge >= 0.3 is 0 Å². The highest BCUT2D eigenvalue weighted by molar-refractivity contribution is 7.18. The number of hydrogen-bond donors (Lipinski definition) is 0. The van der Waals surface area contributed by atoms with Gasteiger partial charge in [-0.25, -0.2) is 4.98 Å². The summed E-state index contributed by atoms with van der Waals surface area (Å²) in [6, 6.07) is 15.6. The average molecular weight is 440 g/mol. The van der Waals surface area contributed by atoms with Crippen LogP contribution in [0.3, 0.4) is 0 Å². The van der Waals surface area contributed by atoms with Crippen LogP contribution >= 0.6 is 22.9 Å². The van der Waals surface area contributed by atoms with E-state index < -0.39 is 0 Å². The Labute approximate surface area is 184 Å². The second-order valence-corrected chi connectivity index (χ2v) is 9.45. The smallest absolute Gasteiger partial charge is 0.228 e. The third kappa shape index (κ3) is 3.59. The van der Waals surface area contributed by atoms with Gasteiger partial charge in [0.05, 0.1) is 22.2 Å².